The number of carbonyl (C=O) groups is 5. The van der Waals surface area contributed by atoms with Gasteiger partial charge in [0.2, 0.25) is 17.7 Å². The number of nitrogens with zero attached hydrogens (tertiary/aromatic N) is 2. The first-order valence-electron chi connectivity index (χ1n) is 12.5. The number of halogens is 1. The summed E-state index contributed by atoms with van der Waals surface area (Å²) in [6.45, 7) is 0.461. The highest BCUT2D eigenvalue weighted by molar-refractivity contribution is 5.99. The van der Waals surface area contributed by atoms with E-state index in [4.69, 9.17) is 10.5 Å². The van der Waals surface area contributed by atoms with Gasteiger partial charge in [-0.2, -0.15) is 0 Å². The fourth-order valence-electron chi connectivity index (χ4n) is 3.87. The van der Waals surface area contributed by atoms with Crippen LogP contribution in [0.5, 0.6) is 5.75 Å². The number of nitrogens with one attached hydrogen (secondary N) is 3. The second kappa shape index (κ2) is 14.4. The van der Waals surface area contributed by atoms with Crippen molar-refractivity contribution in [1.82, 2.24) is 25.8 Å². The maximum absolute atomic E-state index is 14.0. The van der Waals surface area contributed by atoms with Crippen molar-refractivity contribution in [3.63, 3.8) is 0 Å². The third-order valence-corrected chi connectivity index (χ3v) is 5.85. The van der Waals surface area contributed by atoms with E-state index in [-0.39, 0.29) is 80.9 Å². The molecule has 2 heterocycles. The molecule has 0 bridgehead atoms. The predicted octanol–water partition coefficient (Wildman–Crippen LogP) is 0.132. The fraction of sp³-hybridized carbons (Fsp3) is 0.385. The summed E-state index contributed by atoms with van der Waals surface area (Å²) in [4.78, 5) is 68.2. The molecule has 0 aliphatic carbocycles. The molecule has 0 fully saturated rings. The van der Waals surface area contributed by atoms with Crippen molar-refractivity contribution in [2.24, 2.45) is 5.73 Å². The highest BCUT2D eigenvalue weighted by Crippen LogP contribution is 2.20. The lowest BCUT2D eigenvalue weighted by molar-refractivity contribution is -0.123. The van der Waals surface area contributed by atoms with E-state index < -0.39 is 29.6 Å². The molecule has 39 heavy (non-hydrogen) atoms. The molecule has 0 spiro atoms. The number of rotatable bonds is 4. The van der Waals surface area contributed by atoms with Gasteiger partial charge in [0.15, 0.2) is 0 Å². The smallest absolute Gasteiger partial charge is 0.272 e. The van der Waals surface area contributed by atoms with Gasteiger partial charge < -0.3 is 31.3 Å². The van der Waals surface area contributed by atoms with Gasteiger partial charge in [-0.1, -0.05) is 6.07 Å². The summed E-state index contributed by atoms with van der Waals surface area (Å²) in [5, 5.41) is 7.87. The third-order valence-electron chi connectivity index (χ3n) is 5.85. The third kappa shape index (κ3) is 9.05. The monoisotopic (exact) mass is 542 g/mol. The molecule has 13 heteroatoms. The number of carbonyl (C=O) groups excluding carboxylic acids is 5. The molecule has 1 aliphatic heterocycles. The van der Waals surface area contributed by atoms with E-state index in [1.54, 1.807) is 18.2 Å². The molecule has 3 rings (SSSR count). The molecule has 0 radical (unpaired) electrons. The maximum Gasteiger partial charge on any atom is 0.272 e. The van der Waals surface area contributed by atoms with Crippen LogP contribution < -0.4 is 26.4 Å². The van der Waals surface area contributed by atoms with Crippen molar-refractivity contribution >= 4 is 29.5 Å². The minimum absolute atomic E-state index is 0.00642. The number of nitrogens with two attached hydrogens (primary N) is 1. The fourth-order valence-corrected chi connectivity index (χ4v) is 3.87. The van der Waals surface area contributed by atoms with Crippen LogP contribution in [0.3, 0.4) is 0 Å². The predicted molar refractivity (Wildman–Crippen MR) is 137 cm³/mol. The standard InChI is InChI=1S/C26H31FN6O6/c27-17-6-8-21-18(16-17)24(36)32-19(7-9-22(28)34)25(37)31-11-14-33(26(38)20-4-1-2-10-29-20)13-3-5-23(35)30-12-15-39-21/h1-2,4,6,8,10,16,19H,3,5,7,9,11-15H2,(H2,28,34)(H,30,35)(H,31,37)(H,32,36)/t19-/m0/s1. The van der Waals surface area contributed by atoms with Gasteiger partial charge in [0.1, 0.15) is 29.9 Å². The molecule has 208 valence electrons. The molecule has 5 N–H and O–H groups in total. The van der Waals surface area contributed by atoms with E-state index in [1.807, 2.05) is 0 Å². The Labute approximate surface area is 224 Å². The van der Waals surface area contributed by atoms with Gasteiger partial charge in [-0.15, -0.1) is 0 Å². The minimum atomic E-state index is -1.17. The molecular weight excluding hydrogens is 511 g/mol. The zero-order valence-corrected chi connectivity index (χ0v) is 21.3. The van der Waals surface area contributed by atoms with Crippen LogP contribution in [0.15, 0.2) is 42.6 Å². The van der Waals surface area contributed by atoms with E-state index in [1.165, 1.54) is 17.2 Å². The largest absolute Gasteiger partial charge is 0.491 e. The van der Waals surface area contributed by atoms with E-state index in [0.717, 1.165) is 12.1 Å². The normalized spacial score (nSPS) is 17.8. The molecule has 2 aromatic rings. The molecule has 5 amide bonds. The molecular formula is C26H31FN6O6. The highest BCUT2D eigenvalue weighted by Gasteiger charge is 2.25. The first-order valence-corrected chi connectivity index (χ1v) is 12.5. The highest BCUT2D eigenvalue weighted by atomic mass is 19.1. The summed E-state index contributed by atoms with van der Waals surface area (Å²) in [6, 6.07) is 7.11. The molecule has 1 aliphatic rings. The average Bonchev–Trinajstić information content (AvgIpc) is 2.92. The minimum Gasteiger partial charge on any atom is -0.491 e. The van der Waals surface area contributed by atoms with Gasteiger partial charge >= 0.3 is 0 Å². The number of primary amides is 1. The number of hydrogen-bond acceptors (Lipinski definition) is 7. The van der Waals surface area contributed by atoms with Crippen LogP contribution in [-0.2, 0) is 14.4 Å². The molecule has 0 saturated heterocycles. The average molecular weight is 543 g/mol. The van der Waals surface area contributed by atoms with E-state index in [2.05, 4.69) is 20.9 Å². The Morgan fingerprint density at radius 3 is 2.67 bits per heavy atom. The SMILES string of the molecule is NC(=O)CC[C@@H]1NC(=O)c2cc(F)ccc2OCCNC(=O)CCCN(C(=O)c2ccccn2)CCNC1=O. The van der Waals surface area contributed by atoms with Crippen molar-refractivity contribution in [2.75, 3.05) is 32.8 Å². The number of aromatic nitrogens is 1. The maximum atomic E-state index is 14.0. The number of amides is 5. The molecule has 0 unspecified atom stereocenters. The van der Waals surface area contributed by atoms with Crippen LogP contribution in [0.1, 0.15) is 46.5 Å². The second-order valence-corrected chi connectivity index (χ2v) is 8.77. The van der Waals surface area contributed by atoms with Crippen LogP contribution in [0, 0.1) is 5.82 Å². The van der Waals surface area contributed by atoms with Crippen molar-refractivity contribution in [3.05, 3.63) is 59.7 Å². The second-order valence-electron chi connectivity index (χ2n) is 8.77. The lowest BCUT2D eigenvalue weighted by atomic mass is 10.1. The van der Waals surface area contributed by atoms with Crippen molar-refractivity contribution in [1.29, 1.82) is 0 Å². The quantitative estimate of drug-likeness (QED) is 0.425. The van der Waals surface area contributed by atoms with Gasteiger partial charge in [-0.3, -0.25) is 29.0 Å². The molecule has 1 aromatic heterocycles. The van der Waals surface area contributed by atoms with Gasteiger partial charge in [0, 0.05) is 38.7 Å². The van der Waals surface area contributed by atoms with Crippen molar-refractivity contribution < 1.29 is 33.1 Å². The van der Waals surface area contributed by atoms with Crippen LogP contribution in [0.4, 0.5) is 4.39 Å². The Morgan fingerprint density at radius 1 is 1.10 bits per heavy atom. The van der Waals surface area contributed by atoms with Gasteiger partial charge in [0.05, 0.1) is 12.1 Å². The van der Waals surface area contributed by atoms with Crippen LogP contribution in [0.2, 0.25) is 0 Å². The number of benzene rings is 1. The van der Waals surface area contributed by atoms with E-state index in [9.17, 15) is 28.4 Å². The Balaban J connectivity index is 1.81. The lowest BCUT2D eigenvalue weighted by Gasteiger charge is -2.24. The molecule has 1 aromatic carbocycles. The summed E-state index contributed by atoms with van der Waals surface area (Å²) in [5.74, 6) is -3.35. The summed E-state index contributed by atoms with van der Waals surface area (Å²) in [5.41, 5.74) is 5.29. The van der Waals surface area contributed by atoms with Gasteiger partial charge in [-0.25, -0.2) is 4.39 Å². The summed E-state index contributed by atoms with van der Waals surface area (Å²) in [7, 11) is 0. The Morgan fingerprint density at radius 2 is 1.92 bits per heavy atom. The van der Waals surface area contributed by atoms with Gasteiger partial charge in [0.25, 0.3) is 11.8 Å². The number of ether oxygens (including phenoxy) is 1. The van der Waals surface area contributed by atoms with Crippen molar-refractivity contribution in [2.45, 2.75) is 31.7 Å². The topological polar surface area (TPSA) is 173 Å². The Bertz CT molecular complexity index is 1190. The van der Waals surface area contributed by atoms with Crippen LogP contribution >= 0.6 is 0 Å². The summed E-state index contributed by atoms with van der Waals surface area (Å²) >= 11 is 0. The summed E-state index contributed by atoms with van der Waals surface area (Å²) < 4.78 is 19.6. The van der Waals surface area contributed by atoms with Gasteiger partial charge in [-0.05, 0) is 43.2 Å². The first kappa shape index (κ1) is 29.0. The summed E-state index contributed by atoms with van der Waals surface area (Å²) in [6.07, 6.45) is 1.70. The molecule has 12 nitrogen and oxygen atoms in total. The van der Waals surface area contributed by atoms with E-state index in [0.29, 0.717) is 6.42 Å². The number of pyridine rings is 1. The number of hydrogen-bond donors (Lipinski definition) is 4. The van der Waals surface area contributed by atoms with Crippen LogP contribution in [-0.4, -0.2) is 78.2 Å². The zero-order valence-electron chi connectivity index (χ0n) is 21.3. The Kier molecular flexibility index (Phi) is 10.7. The first-order chi connectivity index (χ1) is 18.7. The molecule has 1 atom stereocenters. The zero-order chi connectivity index (χ0) is 28.2. The number of fused-ring (bicyclic) bond motifs is 1. The van der Waals surface area contributed by atoms with Crippen LogP contribution in [0.25, 0.3) is 0 Å². The Hall–Kier alpha value is -4.55. The molecule has 0 saturated carbocycles. The van der Waals surface area contributed by atoms with Crippen molar-refractivity contribution in [3.8, 4) is 5.75 Å². The van der Waals surface area contributed by atoms with E-state index >= 15 is 0 Å². The lowest BCUT2D eigenvalue weighted by Crippen LogP contribution is -2.49.